The standard InChI is InChI=1S/C18H28N6O2/c1-18(2,3)26-17(25)22-11-10-21-16(19-4)20-9-8-14-13-24-12-6-5-7-15(24)23-14/h5-7,12-13H,8-11H2,1-4H3,(H,22,25)(H2,19,20,21). The number of nitrogens with one attached hydrogen (secondary N) is 3. The van der Waals surface area contributed by atoms with Crippen LogP contribution < -0.4 is 16.0 Å². The number of hydrogen-bond acceptors (Lipinski definition) is 4. The zero-order valence-electron chi connectivity index (χ0n) is 15.9. The molecular weight excluding hydrogens is 332 g/mol. The Kier molecular flexibility index (Phi) is 6.82. The lowest BCUT2D eigenvalue weighted by molar-refractivity contribution is 0.0529. The topological polar surface area (TPSA) is 92.0 Å². The number of aliphatic imine (C=N–C) groups is 1. The minimum Gasteiger partial charge on any atom is -0.444 e. The van der Waals surface area contributed by atoms with Crippen molar-refractivity contribution in [2.24, 2.45) is 4.99 Å². The van der Waals surface area contributed by atoms with Gasteiger partial charge in [-0.05, 0) is 32.9 Å². The molecule has 0 saturated carbocycles. The smallest absolute Gasteiger partial charge is 0.407 e. The fraction of sp³-hybridized carbons (Fsp3) is 0.500. The van der Waals surface area contributed by atoms with Crippen molar-refractivity contribution in [3.05, 3.63) is 36.3 Å². The molecule has 2 aromatic heterocycles. The van der Waals surface area contributed by atoms with Gasteiger partial charge in [0.05, 0.1) is 5.69 Å². The number of carbonyl (C=O) groups excluding carboxylic acids is 1. The Morgan fingerprint density at radius 2 is 1.92 bits per heavy atom. The molecule has 0 aromatic carbocycles. The van der Waals surface area contributed by atoms with E-state index in [9.17, 15) is 4.79 Å². The molecule has 0 atom stereocenters. The molecule has 0 aliphatic carbocycles. The minimum absolute atomic E-state index is 0.422. The van der Waals surface area contributed by atoms with Gasteiger partial charge in [-0.25, -0.2) is 9.78 Å². The van der Waals surface area contributed by atoms with Crippen molar-refractivity contribution in [2.45, 2.75) is 32.8 Å². The lowest BCUT2D eigenvalue weighted by Crippen LogP contribution is -2.43. The third-order valence-corrected chi connectivity index (χ3v) is 3.40. The van der Waals surface area contributed by atoms with E-state index in [1.807, 2.05) is 55.8 Å². The molecule has 0 aliphatic rings. The number of imidazole rings is 1. The first kappa shape index (κ1) is 19.6. The SMILES string of the molecule is CN=C(NCCNC(=O)OC(C)(C)C)NCCc1cn2ccccc2n1. The van der Waals surface area contributed by atoms with Crippen LogP contribution in [0.2, 0.25) is 0 Å². The molecule has 2 heterocycles. The average Bonchev–Trinajstić information content (AvgIpc) is 2.98. The number of carbonyl (C=O) groups is 1. The molecule has 2 aromatic rings. The van der Waals surface area contributed by atoms with Crippen LogP contribution in [0.3, 0.4) is 0 Å². The summed E-state index contributed by atoms with van der Waals surface area (Å²) in [6.07, 6.45) is 4.38. The summed E-state index contributed by atoms with van der Waals surface area (Å²) in [5, 5.41) is 9.07. The molecule has 0 aliphatic heterocycles. The van der Waals surface area contributed by atoms with Crippen molar-refractivity contribution in [1.82, 2.24) is 25.3 Å². The van der Waals surface area contributed by atoms with E-state index in [2.05, 4.69) is 25.9 Å². The highest BCUT2D eigenvalue weighted by atomic mass is 16.6. The van der Waals surface area contributed by atoms with Gasteiger partial charge in [0.2, 0.25) is 0 Å². The molecule has 26 heavy (non-hydrogen) atoms. The summed E-state index contributed by atoms with van der Waals surface area (Å²) >= 11 is 0. The first-order valence-electron chi connectivity index (χ1n) is 8.71. The van der Waals surface area contributed by atoms with Gasteiger partial charge >= 0.3 is 6.09 Å². The molecule has 8 heteroatoms. The fourth-order valence-corrected chi connectivity index (χ4v) is 2.30. The summed E-state index contributed by atoms with van der Waals surface area (Å²) in [6, 6.07) is 5.93. The maximum atomic E-state index is 11.6. The lowest BCUT2D eigenvalue weighted by Gasteiger charge is -2.19. The number of ether oxygens (including phenoxy) is 1. The van der Waals surface area contributed by atoms with Crippen LogP contribution in [-0.4, -0.2) is 53.7 Å². The third kappa shape index (κ3) is 6.62. The van der Waals surface area contributed by atoms with E-state index < -0.39 is 11.7 Å². The van der Waals surface area contributed by atoms with Gasteiger partial charge < -0.3 is 25.1 Å². The highest BCUT2D eigenvalue weighted by Gasteiger charge is 2.15. The van der Waals surface area contributed by atoms with Crippen molar-refractivity contribution >= 4 is 17.7 Å². The quantitative estimate of drug-likeness (QED) is 0.413. The maximum absolute atomic E-state index is 11.6. The Bertz CT molecular complexity index is 714. The third-order valence-electron chi connectivity index (χ3n) is 3.40. The predicted octanol–water partition coefficient (Wildman–Crippen LogP) is 1.57. The number of aromatic nitrogens is 2. The maximum Gasteiger partial charge on any atom is 0.407 e. The largest absolute Gasteiger partial charge is 0.444 e. The summed E-state index contributed by atoms with van der Waals surface area (Å²) in [5.74, 6) is 0.680. The summed E-state index contributed by atoms with van der Waals surface area (Å²) in [6.45, 7) is 7.21. The summed E-state index contributed by atoms with van der Waals surface area (Å²) < 4.78 is 7.18. The van der Waals surface area contributed by atoms with Gasteiger partial charge in [-0.15, -0.1) is 0 Å². The number of nitrogens with zero attached hydrogens (tertiary/aromatic N) is 3. The zero-order chi connectivity index (χ0) is 19.0. The Hall–Kier alpha value is -2.77. The number of fused-ring (bicyclic) bond motifs is 1. The summed E-state index contributed by atoms with van der Waals surface area (Å²) in [7, 11) is 1.71. The highest BCUT2D eigenvalue weighted by Crippen LogP contribution is 2.06. The van der Waals surface area contributed by atoms with E-state index in [1.54, 1.807) is 7.05 Å². The van der Waals surface area contributed by atoms with Crippen LogP contribution in [0.5, 0.6) is 0 Å². The van der Waals surface area contributed by atoms with Crippen molar-refractivity contribution < 1.29 is 9.53 Å². The first-order chi connectivity index (χ1) is 12.4. The van der Waals surface area contributed by atoms with Crippen LogP contribution in [-0.2, 0) is 11.2 Å². The molecule has 3 N–H and O–H groups in total. The van der Waals surface area contributed by atoms with Gasteiger partial charge in [0.1, 0.15) is 11.2 Å². The van der Waals surface area contributed by atoms with Gasteiger partial charge in [-0.3, -0.25) is 4.99 Å². The highest BCUT2D eigenvalue weighted by molar-refractivity contribution is 5.79. The summed E-state index contributed by atoms with van der Waals surface area (Å²) in [4.78, 5) is 20.3. The number of alkyl carbamates (subject to hydrolysis) is 1. The Balaban J connectivity index is 1.65. The van der Waals surface area contributed by atoms with E-state index in [-0.39, 0.29) is 0 Å². The van der Waals surface area contributed by atoms with Crippen molar-refractivity contribution in [3.8, 4) is 0 Å². The zero-order valence-corrected chi connectivity index (χ0v) is 15.9. The number of rotatable bonds is 6. The average molecular weight is 360 g/mol. The molecule has 0 unspecified atom stereocenters. The van der Waals surface area contributed by atoms with Crippen LogP contribution in [0.25, 0.3) is 5.65 Å². The molecule has 0 spiro atoms. The van der Waals surface area contributed by atoms with Gasteiger partial charge in [0, 0.05) is 45.5 Å². The van der Waals surface area contributed by atoms with Crippen LogP contribution >= 0.6 is 0 Å². The lowest BCUT2D eigenvalue weighted by atomic mass is 10.2. The van der Waals surface area contributed by atoms with Crippen molar-refractivity contribution in [2.75, 3.05) is 26.7 Å². The Morgan fingerprint density at radius 3 is 2.62 bits per heavy atom. The van der Waals surface area contributed by atoms with Gasteiger partial charge in [-0.2, -0.15) is 0 Å². The molecule has 0 bridgehead atoms. The molecule has 1 amide bonds. The predicted molar refractivity (Wildman–Crippen MR) is 102 cm³/mol. The molecule has 8 nitrogen and oxygen atoms in total. The number of pyridine rings is 1. The van der Waals surface area contributed by atoms with E-state index in [0.29, 0.717) is 25.6 Å². The second kappa shape index (κ2) is 9.07. The van der Waals surface area contributed by atoms with Crippen LogP contribution in [0, 0.1) is 0 Å². The number of guanidine groups is 1. The van der Waals surface area contributed by atoms with Crippen LogP contribution in [0.4, 0.5) is 4.79 Å². The van der Waals surface area contributed by atoms with Gasteiger partial charge in [0.15, 0.2) is 5.96 Å². The molecule has 142 valence electrons. The fourth-order valence-electron chi connectivity index (χ4n) is 2.30. The monoisotopic (exact) mass is 360 g/mol. The molecule has 0 radical (unpaired) electrons. The molecule has 0 saturated heterocycles. The van der Waals surface area contributed by atoms with E-state index in [4.69, 9.17) is 4.74 Å². The minimum atomic E-state index is -0.493. The second-order valence-electron chi connectivity index (χ2n) is 6.80. The van der Waals surface area contributed by atoms with Gasteiger partial charge in [0.25, 0.3) is 0 Å². The Morgan fingerprint density at radius 1 is 1.19 bits per heavy atom. The van der Waals surface area contributed by atoms with E-state index in [1.165, 1.54) is 0 Å². The molecule has 2 rings (SSSR count). The van der Waals surface area contributed by atoms with E-state index >= 15 is 0 Å². The van der Waals surface area contributed by atoms with Crippen molar-refractivity contribution in [3.63, 3.8) is 0 Å². The normalized spacial score (nSPS) is 12.1. The van der Waals surface area contributed by atoms with Crippen molar-refractivity contribution in [1.29, 1.82) is 0 Å². The van der Waals surface area contributed by atoms with Crippen LogP contribution in [0.15, 0.2) is 35.6 Å². The Labute approximate surface area is 154 Å². The molecular formula is C18H28N6O2. The number of amides is 1. The molecule has 0 fully saturated rings. The van der Waals surface area contributed by atoms with Crippen LogP contribution in [0.1, 0.15) is 26.5 Å². The van der Waals surface area contributed by atoms with Gasteiger partial charge in [-0.1, -0.05) is 6.07 Å². The number of hydrogen-bond donors (Lipinski definition) is 3. The second-order valence-corrected chi connectivity index (χ2v) is 6.80. The first-order valence-corrected chi connectivity index (χ1v) is 8.71. The summed E-state index contributed by atoms with van der Waals surface area (Å²) in [5.41, 5.74) is 1.47. The van der Waals surface area contributed by atoms with E-state index in [0.717, 1.165) is 17.8 Å².